The van der Waals surface area contributed by atoms with Gasteiger partial charge in [-0.25, -0.2) is 0 Å². The molecule has 34 heavy (non-hydrogen) atoms. The molecule has 2 aromatic carbocycles. The Morgan fingerprint density at radius 1 is 1.26 bits per heavy atom. The van der Waals surface area contributed by atoms with Crippen LogP contribution >= 0.6 is 0 Å². The molecule has 6 rings (SSSR count). The summed E-state index contributed by atoms with van der Waals surface area (Å²) in [7, 11) is 3.97. The fourth-order valence-corrected chi connectivity index (χ4v) is 7.64. The highest BCUT2D eigenvalue weighted by atomic mass is 16.5. The minimum Gasteiger partial charge on any atom is -0.504 e. The number of methoxy groups -OCH3 is 1. The minimum absolute atomic E-state index is 0.155. The lowest BCUT2D eigenvalue weighted by molar-refractivity contribution is -0.204. The topological polar surface area (TPSA) is 91.3 Å². The lowest BCUT2D eigenvalue weighted by Gasteiger charge is -2.65. The summed E-state index contributed by atoms with van der Waals surface area (Å²) in [5.41, 5.74) is 2.42. The predicted molar refractivity (Wildman–Crippen MR) is 126 cm³/mol. The van der Waals surface area contributed by atoms with Crippen LogP contribution in [0.2, 0.25) is 0 Å². The maximum atomic E-state index is 12.3. The van der Waals surface area contributed by atoms with E-state index in [2.05, 4.69) is 17.3 Å². The van der Waals surface area contributed by atoms with E-state index in [1.807, 2.05) is 36.4 Å². The number of ether oxygens (including phenoxy) is 2. The lowest BCUT2D eigenvalue weighted by Crippen LogP contribution is -2.78. The number of carboxylic acids is 1. The molecule has 2 aromatic rings. The third-order valence-corrected chi connectivity index (χ3v) is 9.05. The third kappa shape index (κ3) is 2.78. The Balaban J connectivity index is 1.42. The van der Waals surface area contributed by atoms with Crippen LogP contribution in [-0.2, 0) is 27.8 Å². The summed E-state index contributed by atoms with van der Waals surface area (Å²) in [5, 5.41) is 24.3. The molecule has 2 aliphatic carbocycles. The Morgan fingerprint density at radius 2 is 2.06 bits per heavy atom. The van der Waals surface area contributed by atoms with Gasteiger partial charge in [0.2, 0.25) is 0 Å². The number of hydrogen-bond donors (Lipinski definition) is 3. The van der Waals surface area contributed by atoms with Crippen molar-refractivity contribution in [3.05, 3.63) is 59.2 Å². The van der Waals surface area contributed by atoms with Crippen LogP contribution in [0, 0.1) is 0 Å². The van der Waals surface area contributed by atoms with E-state index < -0.39 is 23.0 Å². The van der Waals surface area contributed by atoms with Crippen molar-refractivity contribution in [2.45, 2.75) is 67.3 Å². The van der Waals surface area contributed by atoms with Crippen molar-refractivity contribution in [1.82, 2.24) is 10.2 Å². The number of nitrogens with zero attached hydrogens (tertiary/aromatic N) is 1. The molecule has 1 spiro atoms. The number of aromatic hydroxyl groups is 1. The average molecular weight is 465 g/mol. The molecule has 2 bridgehead atoms. The van der Waals surface area contributed by atoms with Gasteiger partial charge in [-0.1, -0.05) is 36.4 Å². The van der Waals surface area contributed by atoms with Gasteiger partial charge in [0.1, 0.15) is 12.1 Å². The molecule has 180 valence electrons. The van der Waals surface area contributed by atoms with Crippen LogP contribution < -0.4 is 10.1 Å². The number of likely N-dealkylation sites (N-methyl/N-ethyl adjacent to an activating group) is 1. The summed E-state index contributed by atoms with van der Waals surface area (Å²) in [6.45, 7) is 0.906. The minimum atomic E-state index is -0.867. The molecule has 4 aliphatic rings. The Bertz CT molecular complexity index is 1120. The van der Waals surface area contributed by atoms with E-state index in [1.54, 1.807) is 13.2 Å². The number of phenols is 1. The summed E-state index contributed by atoms with van der Waals surface area (Å²) in [4.78, 5) is 14.7. The van der Waals surface area contributed by atoms with Gasteiger partial charge in [0.15, 0.2) is 11.5 Å². The van der Waals surface area contributed by atoms with E-state index in [0.29, 0.717) is 12.2 Å². The fourth-order valence-electron chi connectivity index (χ4n) is 7.64. The van der Waals surface area contributed by atoms with Gasteiger partial charge in [0.25, 0.3) is 0 Å². The molecule has 6 atom stereocenters. The second-order valence-corrected chi connectivity index (χ2v) is 10.4. The molecule has 1 saturated heterocycles. The zero-order valence-electron chi connectivity index (χ0n) is 19.7. The van der Waals surface area contributed by atoms with Crippen molar-refractivity contribution < 1.29 is 24.5 Å². The molecular weight excluding hydrogens is 432 g/mol. The second-order valence-electron chi connectivity index (χ2n) is 10.4. The number of phenolic OH excluding ortho intramolecular Hbond substituents is 1. The zero-order chi connectivity index (χ0) is 23.7. The molecule has 0 radical (unpaired) electrons. The van der Waals surface area contributed by atoms with Crippen LogP contribution in [0.4, 0.5) is 0 Å². The molecule has 0 amide bonds. The van der Waals surface area contributed by atoms with Gasteiger partial charge in [-0.3, -0.25) is 10.1 Å². The molecule has 2 aliphatic heterocycles. The van der Waals surface area contributed by atoms with Crippen molar-refractivity contribution in [3.8, 4) is 11.5 Å². The summed E-state index contributed by atoms with van der Waals surface area (Å²) in [5.74, 6) is -0.146. The Hall–Kier alpha value is -2.61. The van der Waals surface area contributed by atoms with E-state index in [-0.39, 0.29) is 23.9 Å². The second kappa shape index (κ2) is 7.70. The maximum absolute atomic E-state index is 12.3. The Kier molecular flexibility index (Phi) is 4.96. The quantitative estimate of drug-likeness (QED) is 0.605. The Morgan fingerprint density at radius 3 is 2.79 bits per heavy atom. The van der Waals surface area contributed by atoms with Gasteiger partial charge >= 0.3 is 5.97 Å². The highest BCUT2D eigenvalue weighted by molar-refractivity contribution is 5.74. The van der Waals surface area contributed by atoms with Crippen LogP contribution in [0.1, 0.15) is 36.0 Å². The number of piperidine rings is 1. The van der Waals surface area contributed by atoms with Gasteiger partial charge in [-0.15, -0.1) is 0 Å². The van der Waals surface area contributed by atoms with Gasteiger partial charge in [0, 0.05) is 24.8 Å². The van der Waals surface area contributed by atoms with Crippen LogP contribution in [0.5, 0.6) is 11.5 Å². The maximum Gasteiger partial charge on any atom is 0.321 e. The number of carbonyl (C=O) groups is 1. The summed E-state index contributed by atoms with van der Waals surface area (Å²) in [6.07, 6.45) is 3.34. The molecule has 3 N–H and O–H groups in total. The summed E-state index contributed by atoms with van der Waals surface area (Å²) < 4.78 is 13.1. The van der Waals surface area contributed by atoms with Crippen LogP contribution in [0.15, 0.2) is 42.5 Å². The van der Waals surface area contributed by atoms with Gasteiger partial charge in [-0.2, -0.15) is 0 Å². The predicted octanol–water partition coefficient (Wildman–Crippen LogP) is 2.48. The average Bonchev–Trinajstić information content (AvgIpc) is 3.20. The standard InChI is InChI=1S/C27H32N2O5/c1-29-13-12-26-22-17-8-9-20(30)23(22)34-24(26)18(10-11-27(26,33-2)21(29)15-17)28-19(25(31)32)14-16-6-4-3-5-7-16/h3-9,18-19,21,24,28,30H,10-15H2,1-2H3,(H,31,32)/t18-,19?,21?,24-,26-,27+/m0/s1. The van der Waals surface area contributed by atoms with Crippen molar-refractivity contribution in [1.29, 1.82) is 0 Å². The SMILES string of the molecule is CO[C@@]12CC[C@H](NC(Cc3ccccc3)C(=O)O)[C@@H]3Oc4c(O)ccc5c4[C@@]31CCN(C)C2C5. The molecule has 7 nitrogen and oxygen atoms in total. The Labute approximate surface area is 199 Å². The smallest absolute Gasteiger partial charge is 0.321 e. The van der Waals surface area contributed by atoms with Crippen molar-refractivity contribution in [2.75, 3.05) is 20.7 Å². The molecule has 7 heteroatoms. The van der Waals surface area contributed by atoms with E-state index in [4.69, 9.17) is 9.47 Å². The van der Waals surface area contributed by atoms with Crippen LogP contribution in [0.25, 0.3) is 0 Å². The fraction of sp³-hybridized carbons (Fsp3) is 0.519. The molecular formula is C27H32N2O5. The van der Waals surface area contributed by atoms with Gasteiger partial charge in [0.05, 0.1) is 11.0 Å². The van der Waals surface area contributed by atoms with E-state index in [9.17, 15) is 15.0 Å². The molecule has 2 fully saturated rings. The number of nitrogens with one attached hydrogen (secondary N) is 1. The van der Waals surface area contributed by atoms with Gasteiger partial charge < -0.3 is 24.6 Å². The first-order valence-electron chi connectivity index (χ1n) is 12.2. The van der Waals surface area contributed by atoms with Crippen molar-refractivity contribution in [3.63, 3.8) is 0 Å². The highest BCUT2D eigenvalue weighted by Gasteiger charge is 2.73. The number of benzene rings is 2. The number of likely N-dealkylation sites (tertiary alicyclic amines) is 1. The normalized spacial score (nSPS) is 34.2. The molecule has 2 unspecified atom stereocenters. The first-order chi connectivity index (χ1) is 16.4. The molecule has 0 aromatic heterocycles. The lowest BCUT2D eigenvalue weighted by atomic mass is 9.48. The third-order valence-electron chi connectivity index (χ3n) is 9.05. The van der Waals surface area contributed by atoms with E-state index in [0.717, 1.165) is 43.4 Å². The first kappa shape index (κ1) is 21.9. The molecule has 2 heterocycles. The van der Waals surface area contributed by atoms with Crippen LogP contribution in [0.3, 0.4) is 0 Å². The zero-order valence-corrected chi connectivity index (χ0v) is 19.7. The van der Waals surface area contributed by atoms with E-state index >= 15 is 0 Å². The number of carboxylic acid groups (broad SMARTS) is 1. The van der Waals surface area contributed by atoms with Crippen molar-refractivity contribution in [2.24, 2.45) is 0 Å². The number of hydrogen-bond acceptors (Lipinski definition) is 6. The number of aliphatic carboxylic acids is 1. The summed E-state index contributed by atoms with van der Waals surface area (Å²) in [6, 6.07) is 12.8. The summed E-state index contributed by atoms with van der Waals surface area (Å²) >= 11 is 0. The first-order valence-corrected chi connectivity index (χ1v) is 12.2. The number of rotatable bonds is 6. The van der Waals surface area contributed by atoms with Crippen LogP contribution in [-0.4, -0.2) is 71.6 Å². The molecule has 1 saturated carbocycles. The monoisotopic (exact) mass is 464 g/mol. The van der Waals surface area contributed by atoms with E-state index in [1.165, 1.54) is 5.56 Å². The van der Waals surface area contributed by atoms with Gasteiger partial charge in [-0.05, 0) is 62.9 Å². The largest absolute Gasteiger partial charge is 0.504 e. The highest BCUT2D eigenvalue weighted by Crippen LogP contribution is 2.66. The van der Waals surface area contributed by atoms with Crippen molar-refractivity contribution >= 4 is 5.97 Å².